The lowest BCUT2D eigenvalue weighted by Gasteiger charge is -2.43. The molecule has 0 aliphatic carbocycles. The van der Waals surface area contributed by atoms with Crippen molar-refractivity contribution < 1.29 is 24.2 Å². The molecule has 0 bridgehead atoms. The molecule has 4 rings (SSSR count). The highest BCUT2D eigenvalue weighted by atomic mass is 35.5. The summed E-state index contributed by atoms with van der Waals surface area (Å²) in [4.78, 5) is 40.3. The molecule has 0 aromatic heterocycles. The third kappa shape index (κ3) is 3.11. The monoisotopic (exact) mass is 471 g/mol. The number of carboxylic acid groups (broad SMARTS) is 1. The van der Waals surface area contributed by atoms with Crippen LogP contribution in [0.4, 0.5) is 5.69 Å². The maximum Gasteiger partial charge on any atom is 0.327 e. The molecule has 1 aromatic carbocycles. The second kappa shape index (κ2) is 7.25. The number of aliphatic carboxylic acids is 1. The quantitative estimate of drug-likeness (QED) is 0.651. The topological polar surface area (TPSA) is 99.2 Å². The molecule has 1 aromatic rings. The molecule has 3 heterocycles. The van der Waals surface area contributed by atoms with E-state index in [4.69, 9.17) is 27.9 Å². The Morgan fingerprint density at radius 2 is 1.93 bits per heavy atom. The number of amides is 2. The molecule has 8 nitrogen and oxygen atoms in total. The van der Waals surface area contributed by atoms with Crippen molar-refractivity contribution in [1.82, 2.24) is 10.2 Å². The number of fused-ring (bicyclic) bond motifs is 1. The van der Waals surface area contributed by atoms with Gasteiger partial charge in [-0.3, -0.25) is 14.5 Å². The van der Waals surface area contributed by atoms with Crippen LogP contribution in [0.5, 0.6) is 0 Å². The van der Waals surface area contributed by atoms with Crippen molar-refractivity contribution in [3.63, 3.8) is 0 Å². The first-order valence-electron chi connectivity index (χ1n) is 9.13. The summed E-state index contributed by atoms with van der Waals surface area (Å²) in [5.74, 6) is -1.63. The number of hydrogen-bond donors (Lipinski definition) is 2. The van der Waals surface area contributed by atoms with Crippen molar-refractivity contribution in [3.8, 4) is 0 Å². The molecule has 0 spiro atoms. The predicted molar refractivity (Wildman–Crippen MR) is 113 cm³/mol. The van der Waals surface area contributed by atoms with E-state index in [1.165, 1.54) is 16.7 Å². The first kappa shape index (κ1) is 21.1. The summed E-state index contributed by atoms with van der Waals surface area (Å²) >= 11 is 13.9. The molecule has 3 atom stereocenters. The van der Waals surface area contributed by atoms with Crippen LogP contribution in [0.25, 0.3) is 0 Å². The lowest BCUT2D eigenvalue weighted by atomic mass is 9.96. The summed E-state index contributed by atoms with van der Waals surface area (Å²) in [6, 6.07) is 3.24. The summed E-state index contributed by atoms with van der Waals surface area (Å²) in [7, 11) is 0. The van der Waals surface area contributed by atoms with E-state index in [2.05, 4.69) is 5.32 Å². The Balaban J connectivity index is 1.57. The van der Waals surface area contributed by atoms with Crippen LogP contribution < -0.4 is 10.2 Å². The Morgan fingerprint density at radius 1 is 1.30 bits per heavy atom. The lowest BCUT2D eigenvalue weighted by molar-refractivity contribution is -0.160. The highest BCUT2D eigenvalue weighted by molar-refractivity contribution is 8.01. The zero-order valence-corrected chi connectivity index (χ0v) is 18.6. The Kier molecular flexibility index (Phi) is 5.11. The number of nitrogens with one attached hydrogen (secondary N) is 1. The molecule has 2 amide bonds. The fourth-order valence-electron chi connectivity index (χ4n) is 4.05. The molecular formula is C19H19Cl2N3O5S. The number of rotatable bonds is 4. The van der Waals surface area contributed by atoms with Gasteiger partial charge in [-0.05, 0) is 32.9 Å². The highest BCUT2D eigenvalue weighted by Gasteiger charge is 2.64. The minimum absolute atomic E-state index is 0.0507. The third-order valence-electron chi connectivity index (χ3n) is 5.40. The van der Waals surface area contributed by atoms with E-state index in [0.29, 0.717) is 21.5 Å². The van der Waals surface area contributed by atoms with Crippen molar-refractivity contribution in [2.24, 2.45) is 0 Å². The van der Waals surface area contributed by atoms with Crippen LogP contribution in [0.2, 0.25) is 10.0 Å². The molecule has 0 radical (unpaired) electrons. The number of carbonyl (C=O) groups excluding carboxylic acids is 2. The first-order chi connectivity index (χ1) is 14.0. The number of hydrogen-bond acceptors (Lipinski definition) is 6. The van der Waals surface area contributed by atoms with Gasteiger partial charge in [0, 0.05) is 4.75 Å². The molecule has 3 aliphatic rings. The maximum absolute atomic E-state index is 13.1. The largest absolute Gasteiger partial charge is 0.480 e. The average molecular weight is 472 g/mol. The zero-order chi connectivity index (χ0) is 22.0. The smallest absolute Gasteiger partial charge is 0.327 e. The number of halogens is 2. The molecule has 11 heteroatoms. The Labute approximate surface area is 187 Å². The number of carbonyl (C=O) groups is 3. The number of para-hydroxylation sites is 1. The van der Waals surface area contributed by atoms with Crippen molar-refractivity contribution in [2.45, 2.75) is 43.0 Å². The van der Waals surface area contributed by atoms with Gasteiger partial charge in [0.05, 0.1) is 15.7 Å². The molecule has 2 N–H and O–H groups in total. The Hall–Kier alpha value is -2.10. The second-order valence-corrected chi connectivity index (χ2v) is 10.3. The standard InChI is InChI=1S/C19H19Cl2N3O5S/c1-8-12(23(7-29-8)13-9(20)5-4-6-10(13)21)15(25)22-11-16(26)24-14(18(27)28)19(2,3)30-17(11)24/h4-6,11,14,17H,7H2,1-3H3,(H,22,25)(H,27,28)/t11-,14+,17-/m1/s1. The van der Waals surface area contributed by atoms with Crippen LogP contribution in [-0.2, 0) is 19.1 Å². The summed E-state index contributed by atoms with van der Waals surface area (Å²) in [5.41, 5.74) is 0.639. The van der Waals surface area contributed by atoms with Crippen LogP contribution in [0.3, 0.4) is 0 Å². The van der Waals surface area contributed by atoms with Gasteiger partial charge in [0.2, 0.25) is 5.91 Å². The van der Waals surface area contributed by atoms with Crippen molar-refractivity contribution in [3.05, 3.63) is 39.7 Å². The van der Waals surface area contributed by atoms with Crippen LogP contribution in [-0.4, -0.2) is 56.7 Å². The molecule has 3 aliphatic heterocycles. The van der Waals surface area contributed by atoms with Gasteiger partial charge in [0.15, 0.2) is 6.73 Å². The zero-order valence-electron chi connectivity index (χ0n) is 16.3. The summed E-state index contributed by atoms with van der Waals surface area (Å²) < 4.78 is 4.87. The van der Waals surface area contributed by atoms with E-state index in [9.17, 15) is 19.5 Å². The van der Waals surface area contributed by atoms with Gasteiger partial charge in [-0.2, -0.15) is 0 Å². The predicted octanol–water partition coefficient (Wildman–Crippen LogP) is 2.65. The number of ether oxygens (including phenoxy) is 1. The molecule has 2 saturated heterocycles. The van der Waals surface area contributed by atoms with Crippen molar-refractivity contribution in [2.75, 3.05) is 11.6 Å². The summed E-state index contributed by atoms with van der Waals surface area (Å²) in [5, 5.41) is 12.5. The van der Waals surface area contributed by atoms with E-state index >= 15 is 0 Å². The molecule has 0 unspecified atom stereocenters. The second-order valence-electron chi connectivity index (χ2n) is 7.73. The fraction of sp³-hybridized carbons (Fsp3) is 0.421. The average Bonchev–Trinajstić information content (AvgIpc) is 3.14. The number of allylic oxidation sites excluding steroid dienone is 1. The van der Waals surface area contributed by atoms with E-state index < -0.39 is 40.0 Å². The van der Waals surface area contributed by atoms with Crippen LogP contribution in [0, 0.1) is 0 Å². The van der Waals surface area contributed by atoms with Crippen molar-refractivity contribution >= 4 is 58.4 Å². The molecule has 2 fully saturated rings. The number of benzene rings is 1. The van der Waals surface area contributed by atoms with Crippen LogP contribution in [0.1, 0.15) is 20.8 Å². The third-order valence-corrected chi connectivity index (χ3v) is 7.58. The maximum atomic E-state index is 13.1. The number of anilines is 1. The van der Waals surface area contributed by atoms with Gasteiger partial charge < -0.3 is 20.1 Å². The van der Waals surface area contributed by atoms with Gasteiger partial charge >= 0.3 is 5.97 Å². The minimum Gasteiger partial charge on any atom is -0.480 e. The van der Waals surface area contributed by atoms with Crippen LogP contribution in [0.15, 0.2) is 29.7 Å². The summed E-state index contributed by atoms with van der Waals surface area (Å²) in [6.07, 6.45) is 0. The van der Waals surface area contributed by atoms with E-state index in [0.717, 1.165) is 0 Å². The number of thioether (sulfide) groups is 1. The van der Waals surface area contributed by atoms with E-state index in [-0.39, 0.29) is 12.4 Å². The van der Waals surface area contributed by atoms with E-state index in [1.807, 2.05) is 0 Å². The fourth-order valence-corrected chi connectivity index (χ4v) is 6.27. The van der Waals surface area contributed by atoms with Gasteiger partial charge in [0.1, 0.15) is 28.9 Å². The molecule has 160 valence electrons. The van der Waals surface area contributed by atoms with E-state index in [1.54, 1.807) is 43.9 Å². The Morgan fingerprint density at radius 3 is 2.53 bits per heavy atom. The number of β-lactam (4-membered cyclic amide) rings is 1. The van der Waals surface area contributed by atoms with Crippen LogP contribution >= 0.6 is 35.0 Å². The number of carboxylic acids is 1. The molecular weight excluding hydrogens is 453 g/mol. The highest BCUT2D eigenvalue weighted by Crippen LogP contribution is 2.51. The first-order valence-corrected chi connectivity index (χ1v) is 10.8. The Bertz CT molecular complexity index is 978. The normalized spacial score (nSPS) is 27.0. The van der Waals surface area contributed by atoms with Crippen molar-refractivity contribution in [1.29, 1.82) is 0 Å². The summed E-state index contributed by atoms with van der Waals surface area (Å²) in [6.45, 7) is 5.25. The van der Waals surface area contributed by atoms with Gasteiger partial charge in [-0.15, -0.1) is 11.8 Å². The van der Waals surface area contributed by atoms with Gasteiger partial charge in [-0.1, -0.05) is 29.3 Å². The van der Waals surface area contributed by atoms with Gasteiger partial charge in [0.25, 0.3) is 5.91 Å². The lowest BCUT2D eigenvalue weighted by Crippen LogP contribution is -2.70. The SMILES string of the molecule is CC1=C(C(=O)N[C@@H]2C(=O)N3[C@@H]2SC(C)(C)[C@@H]3C(=O)O)N(c2c(Cl)cccc2Cl)CO1. The molecule has 0 saturated carbocycles. The number of nitrogens with zero attached hydrogens (tertiary/aromatic N) is 2. The van der Waals surface area contributed by atoms with Gasteiger partial charge in [-0.25, -0.2) is 4.79 Å². The minimum atomic E-state index is -1.06. The molecule has 30 heavy (non-hydrogen) atoms.